The highest BCUT2D eigenvalue weighted by molar-refractivity contribution is 7.14. The Hall–Kier alpha value is -1.80. The van der Waals surface area contributed by atoms with Gasteiger partial charge in [-0.1, -0.05) is 29.5 Å². The second-order valence-corrected chi connectivity index (χ2v) is 5.11. The molecule has 5 heteroatoms. The number of anilines is 1. The van der Waals surface area contributed by atoms with Crippen molar-refractivity contribution in [1.29, 1.82) is 0 Å². The molecule has 1 heterocycles. The average molecular weight is 292 g/mol. The lowest BCUT2D eigenvalue weighted by molar-refractivity contribution is 0.103. The van der Waals surface area contributed by atoms with Crippen LogP contribution in [0, 0.1) is 11.8 Å². The van der Waals surface area contributed by atoms with Gasteiger partial charge in [0.25, 0.3) is 5.91 Å². The number of hydrogen-bond donors (Lipinski definition) is 2. The number of rotatable bonds is 2. The van der Waals surface area contributed by atoms with E-state index >= 15 is 0 Å². The van der Waals surface area contributed by atoms with Gasteiger partial charge in [0.2, 0.25) is 0 Å². The van der Waals surface area contributed by atoms with Gasteiger partial charge in [0.15, 0.2) is 0 Å². The number of benzene rings is 1. The van der Waals surface area contributed by atoms with Crippen molar-refractivity contribution in [3.05, 3.63) is 51.2 Å². The molecule has 0 spiro atoms. The Balaban J connectivity index is 2.10. The first-order valence-electron chi connectivity index (χ1n) is 5.45. The molecule has 2 rings (SSSR count). The molecule has 1 aromatic heterocycles. The number of halogens is 1. The Morgan fingerprint density at radius 2 is 2.21 bits per heavy atom. The monoisotopic (exact) mass is 291 g/mol. The lowest BCUT2D eigenvalue weighted by Gasteiger charge is -2.03. The van der Waals surface area contributed by atoms with E-state index in [9.17, 15) is 4.79 Å². The number of aliphatic hydroxyl groups is 1. The summed E-state index contributed by atoms with van der Waals surface area (Å²) >= 11 is 7.12. The summed E-state index contributed by atoms with van der Waals surface area (Å²) in [7, 11) is 0. The summed E-state index contributed by atoms with van der Waals surface area (Å²) in [5.74, 6) is 5.10. The number of carbonyl (C=O) groups excluding carboxylic acids is 1. The van der Waals surface area contributed by atoms with Crippen LogP contribution in [0.15, 0.2) is 36.4 Å². The van der Waals surface area contributed by atoms with E-state index in [-0.39, 0.29) is 12.5 Å². The minimum absolute atomic E-state index is 0.193. The Labute approximate surface area is 119 Å². The third-order valence-electron chi connectivity index (χ3n) is 2.20. The molecule has 0 aliphatic carbocycles. The molecule has 0 saturated carbocycles. The van der Waals surface area contributed by atoms with Crippen LogP contribution in [0.1, 0.15) is 14.5 Å². The van der Waals surface area contributed by atoms with Crippen molar-refractivity contribution < 1.29 is 9.90 Å². The van der Waals surface area contributed by atoms with Crippen LogP contribution in [0.4, 0.5) is 5.69 Å². The quantitative estimate of drug-likeness (QED) is 0.836. The molecule has 2 N–H and O–H groups in total. The van der Waals surface area contributed by atoms with Crippen LogP contribution in [0.2, 0.25) is 5.02 Å². The second-order valence-electron chi connectivity index (χ2n) is 3.59. The molecule has 96 valence electrons. The number of amides is 1. The molecule has 0 fully saturated rings. The topological polar surface area (TPSA) is 49.3 Å². The van der Waals surface area contributed by atoms with Gasteiger partial charge in [-0.05, 0) is 30.3 Å². The molecule has 0 unspecified atom stereocenters. The fourth-order valence-corrected chi connectivity index (χ4v) is 2.38. The van der Waals surface area contributed by atoms with Gasteiger partial charge in [0, 0.05) is 10.7 Å². The van der Waals surface area contributed by atoms with Crippen molar-refractivity contribution in [2.24, 2.45) is 0 Å². The summed E-state index contributed by atoms with van der Waals surface area (Å²) in [4.78, 5) is 13.3. The van der Waals surface area contributed by atoms with Crippen LogP contribution in [0.3, 0.4) is 0 Å². The minimum Gasteiger partial charge on any atom is -0.384 e. The largest absolute Gasteiger partial charge is 0.384 e. The molecule has 19 heavy (non-hydrogen) atoms. The van der Waals surface area contributed by atoms with Gasteiger partial charge in [0.1, 0.15) is 6.61 Å². The van der Waals surface area contributed by atoms with Gasteiger partial charge in [-0.2, -0.15) is 0 Å². The standard InChI is InChI=1S/C14H10ClNO2S/c15-10-3-1-4-11(9-10)16-14(18)13-7-6-12(19-13)5-2-8-17/h1,3-4,6-7,9,17H,8H2,(H,16,18). The third-order valence-corrected chi connectivity index (χ3v) is 3.44. The minimum atomic E-state index is -0.204. The van der Waals surface area contributed by atoms with Crippen molar-refractivity contribution in [1.82, 2.24) is 0 Å². The van der Waals surface area contributed by atoms with E-state index in [4.69, 9.17) is 16.7 Å². The summed E-state index contributed by atoms with van der Waals surface area (Å²) in [6.07, 6.45) is 0. The van der Waals surface area contributed by atoms with Crippen LogP contribution in [-0.4, -0.2) is 17.6 Å². The zero-order valence-corrected chi connectivity index (χ0v) is 11.4. The molecule has 0 saturated heterocycles. The van der Waals surface area contributed by atoms with Crippen LogP contribution in [0.25, 0.3) is 0 Å². The molecule has 0 aliphatic heterocycles. The van der Waals surface area contributed by atoms with E-state index in [0.717, 1.165) is 4.88 Å². The summed E-state index contributed by atoms with van der Waals surface area (Å²) in [6, 6.07) is 10.4. The van der Waals surface area contributed by atoms with Crippen LogP contribution < -0.4 is 5.32 Å². The second kappa shape index (κ2) is 6.39. The molecule has 0 aliphatic rings. The van der Waals surface area contributed by atoms with E-state index in [0.29, 0.717) is 15.6 Å². The first kappa shape index (κ1) is 13.6. The summed E-state index contributed by atoms with van der Waals surface area (Å²) in [5.41, 5.74) is 0.647. The normalized spacial score (nSPS) is 9.58. The zero-order valence-electron chi connectivity index (χ0n) is 9.81. The van der Waals surface area contributed by atoms with E-state index in [1.807, 2.05) is 0 Å². The van der Waals surface area contributed by atoms with Gasteiger partial charge in [0.05, 0.1) is 9.75 Å². The highest BCUT2D eigenvalue weighted by Gasteiger charge is 2.08. The fraction of sp³-hybridized carbons (Fsp3) is 0.0714. The first-order chi connectivity index (χ1) is 9.19. The number of aliphatic hydroxyl groups excluding tert-OH is 1. The molecule has 0 atom stereocenters. The molecule has 3 nitrogen and oxygen atoms in total. The number of carbonyl (C=O) groups is 1. The molecule has 0 bridgehead atoms. The predicted octanol–water partition coefficient (Wildman–Crippen LogP) is 3.00. The van der Waals surface area contributed by atoms with Crippen molar-refractivity contribution in [2.45, 2.75) is 0 Å². The Kier molecular flexibility index (Phi) is 4.58. The van der Waals surface area contributed by atoms with Gasteiger partial charge in [-0.15, -0.1) is 11.3 Å². The maximum absolute atomic E-state index is 12.0. The molecular formula is C14H10ClNO2S. The summed E-state index contributed by atoms with van der Waals surface area (Å²) < 4.78 is 0. The van der Waals surface area contributed by atoms with Gasteiger partial charge >= 0.3 is 0 Å². The molecule has 1 aromatic carbocycles. The lowest BCUT2D eigenvalue weighted by atomic mass is 10.3. The predicted molar refractivity (Wildman–Crippen MR) is 77.7 cm³/mol. The fourth-order valence-electron chi connectivity index (χ4n) is 1.41. The van der Waals surface area contributed by atoms with E-state index in [2.05, 4.69) is 17.2 Å². The highest BCUT2D eigenvalue weighted by Crippen LogP contribution is 2.19. The Morgan fingerprint density at radius 3 is 2.95 bits per heavy atom. The van der Waals surface area contributed by atoms with Crippen molar-refractivity contribution in [3.8, 4) is 11.8 Å². The van der Waals surface area contributed by atoms with Crippen molar-refractivity contribution in [3.63, 3.8) is 0 Å². The van der Waals surface area contributed by atoms with Crippen molar-refractivity contribution in [2.75, 3.05) is 11.9 Å². The van der Waals surface area contributed by atoms with Gasteiger partial charge in [-0.3, -0.25) is 4.79 Å². The third kappa shape index (κ3) is 3.83. The SMILES string of the molecule is O=C(Nc1cccc(Cl)c1)c1ccc(C#CCO)s1. The zero-order chi connectivity index (χ0) is 13.7. The van der Waals surface area contributed by atoms with Crippen LogP contribution in [-0.2, 0) is 0 Å². The average Bonchev–Trinajstić information content (AvgIpc) is 2.85. The van der Waals surface area contributed by atoms with E-state index < -0.39 is 0 Å². The Bertz CT molecular complexity index is 655. The molecular weight excluding hydrogens is 282 g/mol. The Morgan fingerprint density at radius 1 is 1.37 bits per heavy atom. The molecule has 0 radical (unpaired) electrons. The molecule has 1 amide bonds. The van der Waals surface area contributed by atoms with Gasteiger partial charge in [-0.25, -0.2) is 0 Å². The summed E-state index contributed by atoms with van der Waals surface area (Å²) in [5, 5.41) is 11.9. The lowest BCUT2D eigenvalue weighted by Crippen LogP contribution is -2.09. The van der Waals surface area contributed by atoms with E-state index in [1.54, 1.807) is 36.4 Å². The number of hydrogen-bond acceptors (Lipinski definition) is 3. The molecule has 2 aromatic rings. The first-order valence-corrected chi connectivity index (χ1v) is 6.65. The van der Waals surface area contributed by atoms with Crippen molar-refractivity contribution >= 4 is 34.5 Å². The van der Waals surface area contributed by atoms with Gasteiger partial charge < -0.3 is 10.4 Å². The van der Waals surface area contributed by atoms with E-state index in [1.165, 1.54) is 11.3 Å². The smallest absolute Gasteiger partial charge is 0.265 e. The number of nitrogens with one attached hydrogen (secondary N) is 1. The summed E-state index contributed by atoms with van der Waals surface area (Å²) in [6.45, 7) is -0.193. The maximum atomic E-state index is 12.0. The highest BCUT2D eigenvalue weighted by atomic mass is 35.5. The van der Waals surface area contributed by atoms with Crippen LogP contribution >= 0.6 is 22.9 Å². The van der Waals surface area contributed by atoms with Crippen LogP contribution in [0.5, 0.6) is 0 Å². The number of thiophene rings is 1. The maximum Gasteiger partial charge on any atom is 0.265 e.